The number of hydrogen-bond acceptors (Lipinski definition) is 7. The maximum Gasteiger partial charge on any atom is 0.422 e. The van der Waals surface area contributed by atoms with Crippen molar-refractivity contribution in [2.45, 2.75) is 16.2 Å². The molecule has 6 aromatic rings. The minimum absolute atomic E-state index is 0.0314. The van der Waals surface area contributed by atoms with Crippen molar-refractivity contribution >= 4 is 28.3 Å². The van der Waals surface area contributed by atoms with Gasteiger partial charge in [0.05, 0.1) is 23.5 Å². The number of alkyl halides is 3. The first kappa shape index (κ1) is 24.7. The third-order valence-electron chi connectivity index (χ3n) is 5.93. The van der Waals surface area contributed by atoms with Gasteiger partial charge in [0, 0.05) is 59.7 Å². The van der Waals surface area contributed by atoms with Crippen molar-refractivity contribution in [2.75, 3.05) is 6.61 Å². The fraction of sp³-hybridized carbons (Fsp3) is 0.160. The molecule has 6 rings (SSSR count). The fourth-order valence-corrected chi connectivity index (χ4v) is 5.06. The number of H-pyrrole nitrogens is 1. The summed E-state index contributed by atoms with van der Waals surface area (Å²) >= 11 is 1.27. The maximum absolute atomic E-state index is 13.2. The highest BCUT2D eigenvalue weighted by Crippen LogP contribution is 2.37. The Morgan fingerprint density at radius 1 is 0.949 bits per heavy atom. The third kappa shape index (κ3) is 4.85. The number of ether oxygens (including phenoxy) is 1. The molecule has 0 saturated carbocycles. The van der Waals surface area contributed by atoms with E-state index in [9.17, 15) is 18.0 Å². The van der Waals surface area contributed by atoms with Crippen LogP contribution in [0.4, 0.5) is 13.2 Å². The van der Waals surface area contributed by atoms with Crippen LogP contribution in [0.5, 0.6) is 5.75 Å². The number of aromatic nitrogens is 8. The average molecular weight is 553 g/mol. The monoisotopic (exact) mass is 552 g/mol. The fourth-order valence-electron chi connectivity index (χ4n) is 4.21. The number of nitrogens with one attached hydrogen (secondary N) is 1. The third-order valence-corrected chi connectivity index (χ3v) is 6.88. The topological polar surface area (TPSA) is 108 Å². The van der Waals surface area contributed by atoms with Crippen molar-refractivity contribution in [3.63, 3.8) is 0 Å². The summed E-state index contributed by atoms with van der Waals surface area (Å²) in [6, 6.07) is 8.79. The molecule has 0 bridgehead atoms. The highest BCUT2D eigenvalue weighted by molar-refractivity contribution is 7.99. The lowest BCUT2D eigenvalue weighted by atomic mass is 10.1. The molecule has 0 aliphatic rings. The molecule has 198 valence electrons. The summed E-state index contributed by atoms with van der Waals surface area (Å²) in [5, 5.41) is 17.6. The molecule has 0 fully saturated rings. The SMILES string of the molecule is Cn1cc(-c2ccc3nnc(Sc4ccc5[nH]c(=O)c(-c6cnn(C)c6)c(OCC(F)(F)F)c5c4)n3c2)cn1. The first-order valence-electron chi connectivity index (χ1n) is 11.5. The predicted molar refractivity (Wildman–Crippen MR) is 138 cm³/mol. The molecule has 0 saturated heterocycles. The molecule has 1 aromatic carbocycles. The van der Waals surface area contributed by atoms with Crippen LogP contribution in [-0.4, -0.2) is 51.9 Å². The van der Waals surface area contributed by atoms with Gasteiger partial charge in [0.1, 0.15) is 5.75 Å². The number of aromatic amines is 1. The quantitative estimate of drug-likeness (QED) is 0.325. The molecule has 1 N–H and O–H groups in total. The molecule has 0 atom stereocenters. The summed E-state index contributed by atoms with van der Waals surface area (Å²) in [6.45, 7) is -1.55. The molecule has 0 radical (unpaired) electrons. The first-order valence-corrected chi connectivity index (χ1v) is 12.4. The van der Waals surface area contributed by atoms with Gasteiger partial charge in [-0.25, -0.2) is 0 Å². The number of aryl methyl sites for hydroxylation is 2. The van der Waals surface area contributed by atoms with Crippen LogP contribution in [0.15, 0.2) is 76.2 Å². The second-order valence-electron chi connectivity index (χ2n) is 8.81. The summed E-state index contributed by atoms with van der Waals surface area (Å²) in [5.41, 5.74) is 2.52. The number of hydrogen-bond donors (Lipinski definition) is 1. The van der Waals surface area contributed by atoms with Crippen molar-refractivity contribution in [2.24, 2.45) is 14.1 Å². The summed E-state index contributed by atoms with van der Waals surface area (Å²) in [5.74, 6) is -0.175. The Balaban J connectivity index is 1.44. The van der Waals surface area contributed by atoms with Crippen LogP contribution in [-0.2, 0) is 14.1 Å². The van der Waals surface area contributed by atoms with Crippen molar-refractivity contribution in [1.29, 1.82) is 0 Å². The molecule has 10 nitrogen and oxygen atoms in total. The normalized spacial score (nSPS) is 12.0. The van der Waals surface area contributed by atoms with Gasteiger partial charge in [0.2, 0.25) is 0 Å². The van der Waals surface area contributed by atoms with Gasteiger partial charge >= 0.3 is 6.18 Å². The molecule has 0 spiro atoms. The Morgan fingerprint density at radius 2 is 1.69 bits per heavy atom. The number of halogens is 3. The van der Waals surface area contributed by atoms with Crippen LogP contribution in [0.1, 0.15) is 0 Å². The van der Waals surface area contributed by atoms with Gasteiger partial charge in [-0.1, -0.05) is 0 Å². The van der Waals surface area contributed by atoms with E-state index in [0.29, 0.717) is 32.2 Å². The molecule has 0 amide bonds. The lowest BCUT2D eigenvalue weighted by Gasteiger charge is -2.15. The van der Waals surface area contributed by atoms with Crippen LogP contribution in [0, 0.1) is 0 Å². The Morgan fingerprint density at radius 3 is 2.38 bits per heavy atom. The molecular weight excluding hydrogens is 533 g/mol. The zero-order valence-electron chi connectivity index (χ0n) is 20.5. The van der Waals surface area contributed by atoms with Gasteiger partial charge in [-0.15, -0.1) is 10.2 Å². The summed E-state index contributed by atoms with van der Waals surface area (Å²) < 4.78 is 49.7. The molecule has 5 aromatic heterocycles. The van der Waals surface area contributed by atoms with Crippen molar-refractivity contribution in [3.8, 4) is 28.0 Å². The number of nitrogens with zero attached hydrogens (tertiary/aromatic N) is 7. The van der Waals surface area contributed by atoms with Gasteiger partial charge in [0.25, 0.3) is 5.56 Å². The van der Waals surface area contributed by atoms with E-state index in [4.69, 9.17) is 4.74 Å². The number of fused-ring (bicyclic) bond motifs is 2. The Kier molecular flexibility index (Phi) is 5.90. The van der Waals surface area contributed by atoms with Crippen LogP contribution < -0.4 is 10.3 Å². The van der Waals surface area contributed by atoms with Crippen molar-refractivity contribution in [3.05, 3.63) is 71.7 Å². The second kappa shape index (κ2) is 9.31. The molecular formula is C25H19F3N8O2S. The van der Waals surface area contributed by atoms with Gasteiger partial charge < -0.3 is 9.72 Å². The molecule has 0 unspecified atom stereocenters. The molecule has 0 aliphatic carbocycles. The van der Waals surface area contributed by atoms with Gasteiger partial charge in [-0.2, -0.15) is 23.4 Å². The van der Waals surface area contributed by atoms with E-state index >= 15 is 0 Å². The van der Waals surface area contributed by atoms with E-state index in [1.165, 1.54) is 28.8 Å². The Hall–Kier alpha value is -4.59. The van der Waals surface area contributed by atoms with E-state index in [2.05, 4.69) is 25.4 Å². The van der Waals surface area contributed by atoms with Crippen molar-refractivity contribution in [1.82, 2.24) is 39.1 Å². The standard InChI is InChI=1S/C25H19F3N8O2S/c1-34-10-15(8-29-34)14-3-6-20-32-33-24(36(20)12-14)39-17-4-5-19-18(7-17)22(38-13-25(26,27)28)21(23(37)31-19)16-9-30-35(2)11-16/h3-12H,13H2,1-2H3,(H,31,37). The lowest BCUT2D eigenvalue weighted by molar-refractivity contribution is -0.153. The Bertz CT molecular complexity index is 1900. The zero-order chi connectivity index (χ0) is 27.3. The van der Waals surface area contributed by atoms with Gasteiger partial charge in [-0.05, 0) is 42.1 Å². The summed E-state index contributed by atoms with van der Waals surface area (Å²) in [4.78, 5) is 16.3. The number of rotatable bonds is 6. The molecule has 0 aliphatic heterocycles. The number of benzene rings is 1. The van der Waals surface area contributed by atoms with Crippen molar-refractivity contribution < 1.29 is 17.9 Å². The predicted octanol–water partition coefficient (Wildman–Crippen LogP) is 4.46. The number of pyridine rings is 2. The summed E-state index contributed by atoms with van der Waals surface area (Å²) in [6.07, 6.45) is 3.89. The molecule has 39 heavy (non-hydrogen) atoms. The molecule has 14 heteroatoms. The van der Waals surface area contributed by atoms with Crippen LogP contribution in [0.25, 0.3) is 38.8 Å². The van der Waals surface area contributed by atoms with Gasteiger partial charge in [0.15, 0.2) is 17.4 Å². The first-order chi connectivity index (χ1) is 18.6. The van der Waals surface area contributed by atoms with Gasteiger partial charge in [-0.3, -0.25) is 18.6 Å². The zero-order valence-corrected chi connectivity index (χ0v) is 21.3. The van der Waals surface area contributed by atoms with E-state index in [1.807, 2.05) is 36.0 Å². The van der Waals surface area contributed by atoms with Crippen LogP contribution >= 0.6 is 11.8 Å². The summed E-state index contributed by atoms with van der Waals surface area (Å²) in [7, 11) is 3.48. The van der Waals surface area contributed by atoms with E-state index in [1.54, 1.807) is 36.1 Å². The largest absolute Gasteiger partial charge is 0.483 e. The van der Waals surface area contributed by atoms with Crippen LogP contribution in [0.3, 0.4) is 0 Å². The molecule has 5 heterocycles. The van der Waals surface area contributed by atoms with Crippen LogP contribution in [0.2, 0.25) is 0 Å². The highest BCUT2D eigenvalue weighted by Gasteiger charge is 2.30. The smallest absolute Gasteiger partial charge is 0.422 e. The minimum Gasteiger partial charge on any atom is -0.483 e. The van der Waals surface area contributed by atoms with E-state index < -0.39 is 18.3 Å². The minimum atomic E-state index is -4.60. The van der Waals surface area contributed by atoms with E-state index in [-0.39, 0.29) is 11.3 Å². The second-order valence-corrected chi connectivity index (χ2v) is 9.85. The highest BCUT2D eigenvalue weighted by atomic mass is 32.2. The Labute approximate surface area is 222 Å². The average Bonchev–Trinajstić information content (AvgIpc) is 3.62. The lowest BCUT2D eigenvalue weighted by Crippen LogP contribution is -2.21. The van der Waals surface area contributed by atoms with E-state index in [0.717, 1.165) is 11.1 Å². The maximum atomic E-state index is 13.2.